The van der Waals surface area contributed by atoms with E-state index in [-0.39, 0.29) is 33.5 Å². The van der Waals surface area contributed by atoms with Gasteiger partial charge < -0.3 is 49.4 Å². The van der Waals surface area contributed by atoms with Gasteiger partial charge in [-0.05, 0) is 38.1 Å². The zero-order chi connectivity index (χ0) is 46.7. The van der Waals surface area contributed by atoms with Crippen molar-refractivity contribution < 1.29 is 48.3 Å². The minimum absolute atomic E-state index is 0.203. The Labute approximate surface area is 375 Å². The minimum atomic E-state index is -2.83. The molecule has 2 amide bonds. The highest BCUT2D eigenvalue weighted by Crippen LogP contribution is 2.57. The number of amides is 2. The molecular weight excluding hydrogens is 857 g/mol. The van der Waals surface area contributed by atoms with Crippen molar-refractivity contribution in [3.8, 4) is 0 Å². The first-order chi connectivity index (χ1) is 30.7. The van der Waals surface area contributed by atoms with E-state index in [0.29, 0.717) is 40.1 Å². The second-order valence-electron chi connectivity index (χ2n) is 18.8. The van der Waals surface area contributed by atoms with Gasteiger partial charge in [0.15, 0.2) is 46.4 Å². The van der Waals surface area contributed by atoms with E-state index in [1.54, 1.807) is 66.3 Å². The summed E-state index contributed by atoms with van der Waals surface area (Å²) >= 11 is 0. The predicted octanol–water partition coefficient (Wildman–Crippen LogP) is 4.27. The molecule has 3 aliphatic rings. The average Bonchev–Trinajstić information content (AvgIpc) is 4.02. The number of nitrogens with one attached hydrogen (secondary N) is 2. The molecule has 2 unspecified atom stereocenters. The van der Waals surface area contributed by atoms with Crippen molar-refractivity contribution in [2.75, 3.05) is 23.8 Å². The number of aliphatic hydroxyl groups is 4. The number of aromatic nitrogens is 8. The summed E-state index contributed by atoms with van der Waals surface area (Å²) in [5, 5.41) is 47.1. The molecule has 344 valence electrons. The van der Waals surface area contributed by atoms with Gasteiger partial charge in [-0.25, -0.2) is 29.9 Å². The van der Waals surface area contributed by atoms with Crippen molar-refractivity contribution in [2.24, 2.45) is 0 Å². The number of carbonyl (C=O) groups is 2. The summed E-state index contributed by atoms with van der Waals surface area (Å²) in [6.07, 6.45) is 0.395. The molecule has 8 atom stereocenters. The molecule has 20 nitrogen and oxygen atoms in total. The molecule has 65 heavy (non-hydrogen) atoms. The number of hydrogen-bond donors (Lipinski definition) is 6. The molecule has 3 saturated heterocycles. The van der Waals surface area contributed by atoms with E-state index in [9.17, 15) is 30.0 Å². The summed E-state index contributed by atoms with van der Waals surface area (Å²) < 4.78 is 28.4. The monoisotopic (exact) mass is 910 g/mol. The number of ether oxygens (including phenoxy) is 2. The van der Waals surface area contributed by atoms with Gasteiger partial charge >= 0.3 is 8.56 Å². The van der Waals surface area contributed by atoms with Crippen LogP contribution < -0.4 is 10.6 Å². The van der Waals surface area contributed by atoms with Gasteiger partial charge in [0.1, 0.15) is 48.3 Å². The third-order valence-electron chi connectivity index (χ3n) is 12.1. The number of carbonyl (C=O) groups excluding carboxylic acids is 2. The molecule has 21 heteroatoms. The summed E-state index contributed by atoms with van der Waals surface area (Å²) in [5.74, 6) is -0.176. The zero-order valence-corrected chi connectivity index (χ0v) is 38.3. The van der Waals surface area contributed by atoms with Crippen LogP contribution in [0.15, 0.2) is 86.0 Å². The van der Waals surface area contributed by atoms with Crippen molar-refractivity contribution in [3.05, 3.63) is 97.1 Å². The summed E-state index contributed by atoms with van der Waals surface area (Å²) in [7, 11) is -2.83. The van der Waals surface area contributed by atoms with Crippen LogP contribution >= 0.6 is 0 Å². The van der Waals surface area contributed by atoms with Gasteiger partial charge in [-0.3, -0.25) is 18.7 Å². The lowest BCUT2D eigenvalue weighted by atomic mass is 9.96. The largest absolute Gasteiger partial charge is 0.394 e. The Morgan fingerprint density at radius 3 is 1.62 bits per heavy atom. The molecule has 3 aliphatic heterocycles. The highest BCUT2D eigenvalue weighted by molar-refractivity contribution is 6.73. The van der Waals surface area contributed by atoms with E-state index in [1.165, 1.54) is 30.5 Å². The van der Waals surface area contributed by atoms with Crippen molar-refractivity contribution in [1.29, 1.82) is 0 Å². The third-order valence-corrected chi connectivity index (χ3v) is 17.2. The molecule has 0 bridgehead atoms. The van der Waals surface area contributed by atoms with Crippen LogP contribution in [-0.2, 0) is 18.3 Å². The van der Waals surface area contributed by atoms with E-state index in [0.717, 1.165) is 0 Å². The van der Waals surface area contributed by atoms with Gasteiger partial charge in [0, 0.05) is 21.2 Å². The van der Waals surface area contributed by atoms with E-state index in [1.807, 2.05) is 12.1 Å². The Hall–Kier alpha value is -5.62. The van der Waals surface area contributed by atoms with Crippen molar-refractivity contribution in [3.63, 3.8) is 0 Å². The van der Waals surface area contributed by atoms with Crippen molar-refractivity contribution in [2.45, 2.75) is 114 Å². The number of fused-ring (bicyclic) bond motifs is 3. The predicted molar refractivity (Wildman–Crippen MR) is 238 cm³/mol. The Bertz CT molecular complexity index is 2670. The van der Waals surface area contributed by atoms with E-state index in [2.05, 4.69) is 82.1 Å². The number of imidazole rings is 2. The van der Waals surface area contributed by atoms with Crippen molar-refractivity contribution >= 4 is 54.3 Å². The fraction of sp³-hybridized carbons (Fsp3) is 0.455. The number of benzene rings is 2. The van der Waals surface area contributed by atoms with Gasteiger partial charge in [0.25, 0.3) is 11.8 Å². The van der Waals surface area contributed by atoms with Crippen molar-refractivity contribution in [1.82, 2.24) is 39.0 Å². The molecule has 0 radical (unpaired) electrons. The van der Waals surface area contributed by atoms with Crippen LogP contribution in [0, 0.1) is 0 Å². The normalized spacial score (nSPS) is 27.5. The second-order valence-corrected chi connectivity index (χ2v) is 23.6. The standard InChI is InChI=1S/C26H35N5O5Si.C18H19N5O5/c1-24(2,3)37(25(4,5)6)34-13-17-19(36-37)26(7,33)23(35-17)31-15-29-18-20(27-14-28-21(18)31)30-22(32)16-11-9-8-10-12-16;1-18(27)13(25)11(7-24)28-17(18)23-9-21-12-14(19-8-20-15(12)23)22-16(26)10-5-3-2-4-6-10/h8-12,14-15,17,19,23,33H,13H2,1-7H3,(H,27,28,30,32);2-6,8-9,11,13,17,24-25,27H,7H2,1H3,(H,19,20,22,26)/t17-,19?,23-,26+;11-,13?,17-,18+/m11/s1. The van der Waals surface area contributed by atoms with Crippen LogP contribution in [0.3, 0.4) is 0 Å². The topological polar surface area (TPSA) is 263 Å². The Balaban J connectivity index is 0.000000184. The summed E-state index contributed by atoms with van der Waals surface area (Å²) in [4.78, 5) is 50.7. The molecule has 0 aliphatic carbocycles. The van der Waals surface area contributed by atoms with Gasteiger partial charge in [-0.1, -0.05) is 77.9 Å². The van der Waals surface area contributed by atoms with Crippen LogP contribution in [0.5, 0.6) is 0 Å². The Morgan fingerprint density at radius 1 is 0.723 bits per heavy atom. The maximum Gasteiger partial charge on any atom is 0.349 e. The molecule has 6 N–H and O–H groups in total. The fourth-order valence-corrected chi connectivity index (χ4v) is 14.1. The lowest BCUT2D eigenvalue weighted by Gasteiger charge is -2.54. The number of rotatable bonds is 7. The lowest BCUT2D eigenvalue weighted by molar-refractivity contribution is -0.0951. The number of anilines is 2. The third kappa shape index (κ3) is 8.10. The number of nitrogens with zero attached hydrogens (tertiary/aromatic N) is 8. The van der Waals surface area contributed by atoms with Crippen LogP contribution in [0.25, 0.3) is 22.3 Å². The van der Waals surface area contributed by atoms with Crippen LogP contribution in [0.4, 0.5) is 11.6 Å². The minimum Gasteiger partial charge on any atom is -0.394 e. The van der Waals surface area contributed by atoms with E-state index in [4.69, 9.17) is 18.3 Å². The van der Waals surface area contributed by atoms with Crippen LogP contribution in [-0.4, -0.2) is 129 Å². The second kappa shape index (κ2) is 17.0. The van der Waals surface area contributed by atoms with Gasteiger partial charge in [0.2, 0.25) is 0 Å². The average molecular weight is 911 g/mol. The molecular formula is C44H54N10O10Si. The van der Waals surface area contributed by atoms with Gasteiger partial charge in [-0.2, -0.15) is 0 Å². The highest BCUT2D eigenvalue weighted by atomic mass is 28.4. The first-order valence-corrected chi connectivity index (χ1v) is 23.0. The zero-order valence-electron chi connectivity index (χ0n) is 37.3. The highest BCUT2D eigenvalue weighted by Gasteiger charge is 2.67. The molecule has 9 rings (SSSR count). The summed E-state index contributed by atoms with van der Waals surface area (Å²) in [6, 6.07) is 17.5. The summed E-state index contributed by atoms with van der Waals surface area (Å²) in [5.41, 5.74) is -0.687. The molecule has 0 saturated carbocycles. The Morgan fingerprint density at radius 2 is 1.18 bits per heavy atom. The summed E-state index contributed by atoms with van der Waals surface area (Å²) in [6.45, 7) is 15.8. The van der Waals surface area contributed by atoms with Gasteiger partial charge in [0.05, 0.1) is 25.9 Å². The maximum atomic E-state index is 12.7. The lowest BCUT2D eigenvalue weighted by Crippen LogP contribution is -2.66. The maximum absolute atomic E-state index is 12.7. The molecule has 6 aromatic rings. The molecule has 0 spiro atoms. The quantitative estimate of drug-likeness (QED) is 0.122. The van der Waals surface area contributed by atoms with Crippen LogP contribution in [0.1, 0.15) is 88.6 Å². The molecule has 3 fully saturated rings. The molecule has 7 heterocycles. The van der Waals surface area contributed by atoms with E-state index < -0.39 is 63.2 Å². The first-order valence-electron chi connectivity index (χ1n) is 21.1. The van der Waals surface area contributed by atoms with Gasteiger partial charge in [-0.15, -0.1) is 0 Å². The van der Waals surface area contributed by atoms with Crippen LogP contribution in [0.2, 0.25) is 10.1 Å². The fourth-order valence-electron chi connectivity index (χ4n) is 9.04. The first kappa shape index (κ1) is 45.9. The number of hydrogen-bond acceptors (Lipinski definition) is 16. The smallest absolute Gasteiger partial charge is 0.349 e. The Kier molecular flexibility index (Phi) is 12.0. The SMILES string of the molecule is CC(C)(C)[Si]1(C(C)(C)C)OC[C@H]2O[C@@H](n3cnc4c(NC(=O)c5ccccc5)ncnc43)[C@@](C)(O)C2O1.C[C@]1(O)C(O)[C@@H](CO)O[C@H]1n1cnc2c(NC(=O)c3ccccc3)ncnc21. The molecule has 2 aromatic carbocycles. The number of aliphatic hydroxyl groups excluding tert-OH is 2. The van der Waals surface area contributed by atoms with E-state index >= 15 is 0 Å². The molecule has 4 aromatic heterocycles.